The number of aryl methyl sites for hydroxylation is 1. The molecule has 0 saturated heterocycles. The van der Waals surface area contributed by atoms with Crippen LogP contribution >= 0.6 is 0 Å². The first-order valence-electron chi connectivity index (χ1n) is 19.3. The molecule has 1 aliphatic carbocycles. The maximum absolute atomic E-state index is 13.1. The van der Waals surface area contributed by atoms with E-state index in [4.69, 9.17) is 14.6 Å². The van der Waals surface area contributed by atoms with Gasteiger partial charge in [-0.2, -0.15) is 18.3 Å². The van der Waals surface area contributed by atoms with Gasteiger partial charge in [-0.1, -0.05) is 36.8 Å². The molecule has 1 saturated carbocycles. The van der Waals surface area contributed by atoms with Gasteiger partial charge >= 0.3 is 6.18 Å². The number of unbranched alkanes of at least 4 members (excludes halogenated alkanes) is 2. The third-order valence-electron chi connectivity index (χ3n) is 10.7. The highest BCUT2D eigenvalue weighted by molar-refractivity contribution is 6.11. The molecule has 0 atom stereocenters. The molecule has 3 amide bonds. The molecular weight excluding hydrogens is 738 g/mol. The van der Waals surface area contributed by atoms with Gasteiger partial charge in [-0.15, -0.1) is 0 Å². The third-order valence-corrected chi connectivity index (χ3v) is 10.7. The van der Waals surface area contributed by atoms with E-state index >= 15 is 0 Å². The number of hydrogen-bond acceptors (Lipinski definition) is 8. The van der Waals surface area contributed by atoms with Crippen molar-refractivity contribution in [3.8, 4) is 17.2 Å². The molecule has 3 aromatic carbocycles. The van der Waals surface area contributed by atoms with E-state index in [0.717, 1.165) is 82.0 Å². The highest BCUT2D eigenvalue weighted by Crippen LogP contribution is 2.36. The number of carbonyl (C=O) groups excluding carboxylic acids is 3. The van der Waals surface area contributed by atoms with Crippen LogP contribution in [0.2, 0.25) is 0 Å². The Kier molecular flexibility index (Phi) is 11.9. The third kappa shape index (κ3) is 9.62. The van der Waals surface area contributed by atoms with Gasteiger partial charge in [0.2, 0.25) is 5.91 Å². The Hall–Kier alpha value is -5.76. The molecular formula is C43H45F3N6O5. The average Bonchev–Trinajstić information content (AvgIpc) is 3.61. The average molecular weight is 783 g/mol. The second kappa shape index (κ2) is 17.2. The molecule has 11 nitrogen and oxygen atoms in total. The number of amides is 3. The number of pyridine rings is 1. The Balaban J connectivity index is 0.831. The van der Waals surface area contributed by atoms with Gasteiger partial charge in [0.05, 0.1) is 36.3 Å². The number of fused-ring (bicyclic) bond motifs is 2. The Morgan fingerprint density at radius 1 is 0.965 bits per heavy atom. The Labute approximate surface area is 328 Å². The van der Waals surface area contributed by atoms with E-state index in [2.05, 4.69) is 39.7 Å². The van der Waals surface area contributed by atoms with Crippen LogP contribution in [0.5, 0.6) is 17.2 Å². The molecule has 298 valence electrons. The second-order valence-corrected chi connectivity index (χ2v) is 14.9. The summed E-state index contributed by atoms with van der Waals surface area (Å²) in [6.07, 6.45) is 5.96. The summed E-state index contributed by atoms with van der Waals surface area (Å²) in [5, 5.41) is 10.6. The molecule has 57 heavy (non-hydrogen) atoms. The van der Waals surface area contributed by atoms with E-state index < -0.39 is 23.7 Å². The first kappa shape index (κ1) is 39.5. The summed E-state index contributed by atoms with van der Waals surface area (Å²) in [6.45, 7) is 2.10. The lowest BCUT2D eigenvalue weighted by Crippen LogP contribution is -2.37. The Morgan fingerprint density at radius 3 is 2.49 bits per heavy atom. The molecule has 1 aliphatic heterocycles. The first-order chi connectivity index (χ1) is 27.4. The van der Waals surface area contributed by atoms with Crippen LogP contribution in [0.1, 0.15) is 88.7 Å². The predicted octanol–water partition coefficient (Wildman–Crippen LogP) is 8.39. The number of halogens is 3. The zero-order valence-electron chi connectivity index (χ0n) is 31.9. The molecule has 0 radical (unpaired) electrons. The lowest BCUT2D eigenvalue weighted by Gasteiger charge is -2.31. The largest absolute Gasteiger partial charge is 0.494 e. The first-order valence-corrected chi connectivity index (χ1v) is 19.3. The fourth-order valence-electron chi connectivity index (χ4n) is 7.77. The number of benzene rings is 3. The monoisotopic (exact) mass is 782 g/mol. The zero-order chi connectivity index (χ0) is 40.1. The van der Waals surface area contributed by atoms with Gasteiger partial charge in [-0.05, 0) is 112 Å². The smallest absolute Gasteiger partial charge is 0.433 e. The van der Waals surface area contributed by atoms with Crippen molar-refractivity contribution in [3.05, 3.63) is 107 Å². The molecule has 14 heteroatoms. The zero-order valence-corrected chi connectivity index (χ0v) is 31.9. The molecule has 0 unspecified atom stereocenters. The molecule has 3 heterocycles. The Bertz CT molecular complexity index is 2250. The van der Waals surface area contributed by atoms with E-state index in [1.807, 2.05) is 23.0 Å². The molecule has 0 bridgehead atoms. The van der Waals surface area contributed by atoms with Crippen molar-refractivity contribution < 1.29 is 37.0 Å². The van der Waals surface area contributed by atoms with E-state index in [1.165, 1.54) is 18.7 Å². The van der Waals surface area contributed by atoms with Gasteiger partial charge in [-0.3, -0.25) is 24.4 Å². The molecule has 7 rings (SSSR count). The van der Waals surface area contributed by atoms with Gasteiger partial charge in [0.25, 0.3) is 11.8 Å². The number of alkyl halides is 3. The summed E-state index contributed by atoms with van der Waals surface area (Å²) in [5.74, 6) is 0.534. The minimum Gasteiger partial charge on any atom is -0.494 e. The van der Waals surface area contributed by atoms with Crippen molar-refractivity contribution in [1.82, 2.24) is 25.0 Å². The fraction of sp³-hybridized carbons (Fsp3) is 0.372. The van der Waals surface area contributed by atoms with Crippen LogP contribution < -0.4 is 20.1 Å². The normalized spacial score (nSPS) is 17.0. The molecule has 0 spiro atoms. The fourth-order valence-corrected chi connectivity index (χ4v) is 7.77. The topological polar surface area (TPSA) is 128 Å². The summed E-state index contributed by atoms with van der Waals surface area (Å²) >= 11 is 0. The SMILES string of the molecule is COc1cc2nn([C@H]3CC[C@H](CN(C)CCCCCc4ccc(Oc5cccc6c5C(=O)NC(=O)C6)cc4)CC3)cc2cc1NC(=O)c1cccc(C(F)(F)F)n1. The maximum atomic E-state index is 13.1. The summed E-state index contributed by atoms with van der Waals surface area (Å²) < 4.78 is 52.9. The molecule has 5 aromatic rings. The Morgan fingerprint density at radius 2 is 1.74 bits per heavy atom. The lowest BCUT2D eigenvalue weighted by molar-refractivity contribution is -0.141. The predicted molar refractivity (Wildman–Crippen MR) is 209 cm³/mol. The highest BCUT2D eigenvalue weighted by Gasteiger charge is 2.33. The van der Waals surface area contributed by atoms with Gasteiger partial charge in [0, 0.05) is 24.2 Å². The highest BCUT2D eigenvalue weighted by atomic mass is 19.4. The standard InChI is InChI=1S/C43H45F3N6O5/c1-51(21-5-3-4-8-27-15-19-32(20-16-27)57-36-11-6-9-29-23-39(53)49-42(55)40(29)36)25-28-13-17-31(18-14-28)52-26-30-22-35(37(56-2)24-34(30)50-52)48-41(54)33-10-7-12-38(47-33)43(44,45)46/h6-7,9-12,15-16,19-20,22,24,26,28,31H,3-5,8,13-14,17-18,21,23,25H2,1-2H3,(H,48,54)(H,49,53,55)/t28-,31-. The maximum Gasteiger partial charge on any atom is 0.433 e. The number of nitrogens with zero attached hydrogens (tertiary/aromatic N) is 4. The van der Waals surface area contributed by atoms with Gasteiger partial charge in [0.1, 0.15) is 28.6 Å². The van der Waals surface area contributed by atoms with Crippen LogP contribution in [0.4, 0.5) is 18.9 Å². The number of methoxy groups -OCH3 is 1. The van der Waals surface area contributed by atoms with Crippen LogP contribution in [0.25, 0.3) is 10.9 Å². The summed E-state index contributed by atoms with van der Waals surface area (Å²) in [5.41, 5.74) is 1.85. The van der Waals surface area contributed by atoms with Gasteiger partial charge < -0.3 is 19.7 Å². The van der Waals surface area contributed by atoms with E-state index in [-0.39, 0.29) is 24.1 Å². The minimum absolute atomic E-state index is 0.159. The van der Waals surface area contributed by atoms with E-state index in [0.29, 0.717) is 45.5 Å². The summed E-state index contributed by atoms with van der Waals surface area (Å²) in [7, 11) is 3.66. The number of ether oxygens (including phenoxy) is 2. The van der Waals surface area contributed by atoms with E-state index in [9.17, 15) is 27.6 Å². The van der Waals surface area contributed by atoms with Crippen LogP contribution in [-0.2, 0) is 23.8 Å². The summed E-state index contributed by atoms with van der Waals surface area (Å²) in [6, 6.07) is 20.2. The van der Waals surface area contributed by atoms with Crippen LogP contribution in [0, 0.1) is 5.92 Å². The van der Waals surface area contributed by atoms with Crippen LogP contribution in [0.15, 0.2) is 79.0 Å². The van der Waals surface area contributed by atoms with Crippen molar-refractivity contribution in [2.75, 3.05) is 32.6 Å². The lowest BCUT2D eigenvalue weighted by atomic mass is 9.86. The van der Waals surface area contributed by atoms with Crippen molar-refractivity contribution >= 4 is 34.3 Å². The number of anilines is 1. The number of imide groups is 1. The second-order valence-electron chi connectivity index (χ2n) is 14.9. The van der Waals surface area contributed by atoms with Gasteiger partial charge in [-0.25, -0.2) is 4.98 Å². The van der Waals surface area contributed by atoms with Gasteiger partial charge in [0.15, 0.2) is 0 Å². The molecule has 2 aromatic heterocycles. The van der Waals surface area contributed by atoms with Crippen molar-refractivity contribution in [2.45, 2.75) is 70.0 Å². The van der Waals surface area contributed by atoms with Crippen molar-refractivity contribution in [3.63, 3.8) is 0 Å². The van der Waals surface area contributed by atoms with Crippen LogP contribution in [-0.4, -0.2) is 64.6 Å². The quantitative estimate of drug-likeness (QED) is 0.0850. The minimum atomic E-state index is -4.66. The molecule has 1 fully saturated rings. The van der Waals surface area contributed by atoms with Crippen LogP contribution in [0.3, 0.4) is 0 Å². The number of nitrogens with one attached hydrogen (secondary N) is 2. The van der Waals surface area contributed by atoms with Crippen molar-refractivity contribution in [2.24, 2.45) is 5.92 Å². The van der Waals surface area contributed by atoms with Crippen molar-refractivity contribution in [1.29, 1.82) is 0 Å². The summed E-state index contributed by atoms with van der Waals surface area (Å²) in [4.78, 5) is 42.9. The number of aromatic nitrogens is 3. The number of hydrogen-bond donors (Lipinski definition) is 2. The number of carbonyl (C=O) groups is 3. The van der Waals surface area contributed by atoms with E-state index in [1.54, 1.807) is 30.3 Å². The molecule has 2 aliphatic rings. The number of rotatable bonds is 14. The molecule has 2 N–H and O–H groups in total.